The fourth-order valence-corrected chi connectivity index (χ4v) is 14.0. The molecule has 0 radical (unpaired) electrons. The highest BCUT2D eigenvalue weighted by Gasteiger charge is 2.64. The van der Waals surface area contributed by atoms with Crippen molar-refractivity contribution in [3.8, 4) is 0 Å². The number of hydrogen-bond acceptors (Lipinski definition) is 3. The third-order valence-electron chi connectivity index (χ3n) is 14.7. The second-order valence-corrected chi connectivity index (χ2v) is 18.1. The summed E-state index contributed by atoms with van der Waals surface area (Å²) in [5.41, 5.74) is 3.02. The van der Waals surface area contributed by atoms with Crippen LogP contribution in [0.5, 0.6) is 0 Å². The summed E-state index contributed by atoms with van der Waals surface area (Å²) in [6, 6.07) is 0. The molecule has 5 fully saturated rings. The predicted octanol–water partition coefficient (Wildman–Crippen LogP) is 8.17. The predicted molar refractivity (Wildman–Crippen MR) is 176 cm³/mol. The molecule has 6 rings (SSSR count). The fraction of sp³-hybridized carbons (Fsp3) is 0.946. The van der Waals surface area contributed by atoms with E-state index in [1.54, 1.807) is 5.57 Å². The lowest BCUT2D eigenvalue weighted by atomic mass is 9.38. The molecule has 5 heteroatoms. The molecule has 3 nitrogen and oxygen atoms in total. The highest BCUT2D eigenvalue weighted by molar-refractivity contribution is 7.85. The quantitative estimate of drug-likeness (QED) is 0.256. The topological polar surface area (TPSA) is 32.3 Å². The lowest BCUT2D eigenvalue weighted by Gasteiger charge is -2.67. The van der Waals surface area contributed by atoms with Crippen LogP contribution in [0.3, 0.4) is 0 Å². The summed E-state index contributed by atoms with van der Waals surface area (Å²) in [7, 11) is -0.581. The van der Waals surface area contributed by atoms with Gasteiger partial charge in [0.2, 0.25) is 0 Å². The smallest absolute Gasteiger partial charge is 0.0894 e. The normalized spacial score (nSPS) is 44.9. The number of allylic oxidation sites excluding steroid dienone is 2. The Labute approximate surface area is 260 Å². The molecular formula is C37H63FN2OS. The number of nitrogens with zero attached hydrogens (tertiary/aromatic N) is 1. The van der Waals surface area contributed by atoms with Crippen molar-refractivity contribution in [2.24, 2.45) is 52.3 Å². The second-order valence-electron chi connectivity index (χ2n) is 16.4. The highest BCUT2D eigenvalue weighted by Crippen LogP contribution is 2.70. The van der Waals surface area contributed by atoms with Crippen LogP contribution in [0.2, 0.25) is 0 Å². The van der Waals surface area contributed by atoms with Crippen LogP contribution in [-0.2, 0) is 10.8 Å². The van der Waals surface area contributed by atoms with Crippen LogP contribution in [-0.4, -0.2) is 59.0 Å². The van der Waals surface area contributed by atoms with E-state index in [9.17, 15) is 8.60 Å². The van der Waals surface area contributed by atoms with Crippen molar-refractivity contribution < 1.29 is 8.60 Å². The van der Waals surface area contributed by atoms with Crippen LogP contribution in [0.4, 0.5) is 4.39 Å². The molecule has 5 aliphatic carbocycles. The first-order valence-electron chi connectivity index (χ1n) is 18.3. The van der Waals surface area contributed by atoms with Crippen molar-refractivity contribution in [1.29, 1.82) is 0 Å². The second kappa shape index (κ2) is 12.9. The van der Waals surface area contributed by atoms with Crippen molar-refractivity contribution >= 4 is 10.8 Å². The highest BCUT2D eigenvalue weighted by atomic mass is 32.2. The van der Waals surface area contributed by atoms with Gasteiger partial charge in [0.25, 0.3) is 0 Å². The van der Waals surface area contributed by atoms with Crippen LogP contribution in [0.25, 0.3) is 0 Å². The first kappa shape index (κ1) is 31.7. The first-order valence-corrected chi connectivity index (χ1v) is 19.8. The molecule has 1 N–H and O–H groups in total. The monoisotopic (exact) mass is 602 g/mol. The van der Waals surface area contributed by atoms with Crippen LogP contribution in [0, 0.1) is 52.3 Å². The summed E-state index contributed by atoms with van der Waals surface area (Å²) < 4.78 is 25.0. The zero-order chi connectivity index (χ0) is 29.5. The van der Waals surface area contributed by atoms with Gasteiger partial charge >= 0.3 is 0 Å². The summed E-state index contributed by atoms with van der Waals surface area (Å²) >= 11 is 0. The Hall–Kier alpha value is -0.260. The molecule has 42 heavy (non-hydrogen) atoms. The van der Waals surface area contributed by atoms with Gasteiger partial charge in [-0.15, -0.1) is 0 Å². The third-order valence-corrected chi connectivity index (χ3v) is 16.0. The molecule has 7 unspecified atom stereocenters. The van der Waals surface area contributed by atoms with E-state index in [1.165, 1.54) is 77.0 Å². The summed E-state index contributed by atoms with van der Waals surface area (Å²) in [4.78, 5) is 2.54. The number of nitrogens with one attached hydrogen (secondary N) is 1. The standard InChI is InChI=1S/C37H63FN2OS/c1-5-8-28(9-7-20-38)29-13-17-35(3)31(27(29)2)14-18-36(4)32-15-19-37(39-21-22-40-23-25-42(41)26-24-40)16-6-10-33(37)30(32)11-12-34(35)36/h13,27-28,30-34,39H,5-12,14-26H2,1-4H3/t27?,28?,30-,31?,32?,33?,34?,35-,36?,37-/m0/s1. The van der Waals surface area contributed by atoms with Crippen molar-refractivity contribution in [2.45, 2.75) is 123 Å². The average Bonchev–Trinajstić information content (AvgIpc) is 3.41. The summed E-state index contributed by atoms with van der Waals surface area (Å²) in [5, 5.41) is 4.22. The van der Waals surface area contributed by atoms with Crippen LogP contribution in [0.1, 0.15) is 118 Å². The summed E-state index contributed by atoms with van der Waals surface area (Å²) in [6.07, 6.45) is 21.0. The van der Waals surface area contributed by atoms with Crippen molar-refractivity contribution in [1.82, 2.24) is 10.2 Å². The van der Waals surface area contributed by atoms with E-state index in [2.05, 4.69) is 44.0 Å². The molecule has 240 valence electrons. The molecule has 0 aromatic rings. The van der Waals surface area contributed by atoms with Crippen LogP contribution in [0.15, 0.2) is 11.6 Å². The molecule has 6 aliphatic rings. The summed E-state index contributed by atoms with van der Waals surface area (Å²) in [6.45, 7) is 14.4. The average molecular weight is 603 g/mol. The van der Waals surface area contributed by atoms with Gasteiger partial charge in [0.15, 0.2) is 0 Å². The molecule has 0 spiro atoms. The van der Waals surface area contributed by atoms with Crippen molar-refractivity contribution in [3.63, 3.8) is 0 Å². The minimum Gasteiger partial charge on any atom is -0.310 e. The molecule has 1 saturated heterocycles. The molecular weight excluding hydrogens is 539 g/mol. The Balaban J connectivity index is 1.15. The maximum atomic E-state index is 13.2. The molecule has 1 heterocycles. The lowest BCUT2D eigenvalue weighted by molar-refractivity contribution is -0.166. The number of alkyl halides is 1. The number of fused-ring (bicyclic) bond motifs is 7. The van der Waals surface area contributed by atoms with Crippen LogP contribution >= 0.6 is 0 Å². The maximum Gasteiger partial charge on any atom is 0.0894 e. The Morgan fingerprint density at radius 2 is 1.79 bits per heavy atom. The number of halogens is 1. The third kappa shape index (κ3) is 5.54. The van der Waals surface area contributed by atoms with E-state index in [-0.39, 0.29) is 6.67 Å². The van der Waals surface area contributed by atoms with E-state index < -0.39 is 10.8 Å². The SMILES string of the molecule is CCCC(CCCF)C1=CC[C@@]2(C)C(CCC3(C)C4CC[C@@]5(NCCN6CCS(=O)CC6)CCCC5[C@H]4CCC32)C1C. The van der Waals surface area contributed by atoms with Gasteiger partial charge in [-0.05, 0) is 129 Å². The number of hydrogen-bond donors (Lipinski definition) is 1. The van der Waals surface area contributed by atoms with Gasteiger partial charge in [-0.2, -0.15) is 0 Å². The molecule has 1 aliphatic heterocycles. The van der Waals surface area contributed by atoms with Gasteiger partial charge in [0, 0.05) is 54.0 Å². The zero-order valence-corrected chi connectivity index (χ0v) is 28.4. The van der Waals surface area contributed by atoms with Gasteiger partial charge in [-0.25, -0.2) is 0 Å². The Morgan fingerprint density at radius 1 is 1.00 bits per heavy atom. The minimum atomic E-state index is -0.581. The Bertz CT molecular complexity index is 992. The zero-order valence-electron chi connectivity index (χ0n) is 27.6. The van der Waals surface area contributed by atoms with Crippen LogP contribution < -0.4 is 5.32 Å². The van der Waals surface area contributed by atoms with Crippen molar-refractivity contribution in [2.75, 3.05) is 44.4 Å². The van der Waals surface area contributed by atoms with Gasteiger partial charge in [-0.1, -0.05) is 52.2 Å². The largest absolute Gasteiger partial charge is 0.310 e. The van der Waals surface area contributed by atoms with E-state index >= 15 is 0 Å². The molecule has 0 amide bonds. The van der Waals surface area contributed by atoms with Gasteiger partial charge in [0.1, 0.15) is 0 Å². The minimum absolute atomic E-state index is 0.161. The summed E-state index contributed by atoms with van der Waals surface area (Å²) in [5.74, 6) is 7.35. The molecule has 0 bridgehead atoms. The maximum absolute atomic E-state index is 13.2. The fourth-order valence-electron chi connectivity index (χ4n) is 12.8. The van der Waals surface area contributed by atoms with Gasteiger partial charge in [0.05, 0.1) is 6.67 Å². The first-order chi connectivity index (χ1) is 20.3. The van der Waals surface area contributed by atoms with Crippen molar-refractivity contribution in [3.05, 3.63) is 11.6 Å². The van der Waals surface area contributed by atoms with Gasteiger partial charge in [-0.3, -0.25) is 8.60 Å². The molecule has 0 aromatic heterocycles. The van der Waals surface area contributed by atoms with Gasteiger partial charge < -0.3 is 10.2 Å². The molecule has 4 saturated carbocycles. The van der Waals surface area contributed by atoms with E-state index in [0.717, 1.165) is 80.1 Å². The van der Waals surface area contributed by atoms with E-state index in [0.29, 0.717) is 28.2 Å². The van der Waals surface area contributed by atoms with E-state index in [4.69, 9.17) is 0 Å². The molecule has 0 aromatic carbocycles. The number of rotatable bonds is 10. The Morgan fingerprint density at radius 3 is 2.55 bits per heavy atom. The molecule has 10 atom stereocenters. The Kier molecular flexibility index (Phi) is 9.71. The van der Waals surface area contributed by atoms with E-state index in [1.807, 2.05) is 0 Å². The lowest BCUT2D eigenvalue weighted by Crippen LogP contribution is -2.63.